The summed E-state index contributed by atoms with van der Waals surface area (Å²) in [6.07, 6.45) is 1.73. The van der Waals surface area contributed by atoms with Gasteiger partial charge < -0.3 is 9.64 Å². The summed E-state index contributed by atoms with van der Waals surface area (Å²) < 4.78 is 30.7. The number of likely N-dealkylation sites (tertiary alicyclic amines) is 1. The summed E-state index contributed by atoms with van der Waals surface area (Å²) in [5, 5.41) is 0.402. The summed E-state index contributed by atoms with van der Waals surface area (Å²) in [6, 6.07) is 14.3. The maximum absolute atomic E-state index is 12.9. The molecule has 9 heteroatoms. The lowest BCUT2D eigenvalue weighted by atomic mass is 10.0. The van der Waals surface area contributed by atoms with Crippen LogP contribution in [0.25, 0.3) is 0 Å². The second-order valence-electron chi connectivity index (χ2n) is 8.97. The molecule has 0 N–H and O–H groups in total. The molecule has 184 valence electrons. The number of sulfone groups is 1. The number of hydrogen-bond donors (Lipinski definition) is 0. The summed E-state index contributed by atoms with van der Waals surface area (Å²) in [5.41, 5.74) is 1.10. The molecule has 2 heterocycles. The summed E-state index contributed by atoms with van der Waals surface area (Å²) in [6.45, 7) is 7.58. The van der Waals surface area contributed by atoms with Gasteiger partial charge in [-0.3, -0.25) is 9.80 Å². The van der Waals surface area contributed by atoms with Crippen LogP contribution in [0.5, 0.6) is 0 Å². The first-order valence-electron chi connectivity index (χ1n) is 11.7. The molecule has 0 bridgehead atoms. The fourth-order valence-corrected chi connectivity index (χ4v) is 6.50. The molecule has 2 aliphatic rings. The van der Waals surface area contributed by atoms with Crippen molar-refractivity contribution in [2.45, 2.75) is 41.6 Å². The van der Waals surface area contributed by atoms with Crippen molar-refractivity contribution in [3.63, 3.8) is 0 Å². The summed E-state index contributed by atoms with van der Waals surface area (Å²) in [5.74, 6) is 0. The van der Waals surface area contributed by atoms with Gasteiger partial charge in [0, 0.05) is 56.4 Å². The van der Waals surface area contributed by atoms with Crippen LogP contribution in [0, 0.1) is 0 Å². The molecule has 1 unspecified atom stereocenters. The molecule has 2 aromatic rings. The van der Waals surface area contributed by atoms with Crippen molar-refractivity contribution in [3.05, 3.63) is 59.1 Å². The van der Waals surface area contributed by atoms with Crippen molar-refractivity contribution in [3.8, 4) is 0 Å². The van der Waals surface area contributed by atoms with E-state index >= 15 is 0 Å². The van der Waals surface area contributed by atoms with Crippen molar-refractivity contribution >= 4 is 27.5 Å². The smallest absolute Gasteiger partial charge is 0.409 e. The lowest BCUT2D eigenvalue weighted by Crippen LogP contribution is -2.54. The number of benzene rings is 2. The first kappa shape index (κ1) is 25.0. The van der Waals surface area contributed by atoms with E-state index in [1.165, 1.54) is 13.2 Å². The highest BCUT2D eigenvalue weighted by atomic mass is 35.5. The number of ether oxygens (including phenoxy) is 1. The van der Waals surface area contributed by atoms with Gasteiger partial charge in [-0.25, -0.2) is 13.2 Å². The summed E-state index contributed by atoms with van der Waals surface area (Å²) >= 11 is 5.98. The molecule has 2 aliphatic heterocycles. The average Bonchev–Trinajstić information content (AvgIpc) is 2.88. The Morgan fingerprint density at radius 2 is 1.62 bits per heavy atom. The fraction of sp³-hybridized carbons (Fsp3) is 0.480. The Morgan fingerprint density at radius 3 is 2.21 bits per heavy atom. The monoisotopic (exact) mass is 505 g/mol. The second-order valence-corrected chi connectivity index (χ2v) is 11.4. The lowest BCUT2D eigenvalue weighted by molar-refractivity contribution is 0.0429. The standard InChI is InChI=1S/C25H32ClN3O4S/c1-19(20-6-8-23(9-7-20)34(31,32)24-5-3-4-21(26)18-24)27-14-16-28(17-15-27)22-10-12-29(13-11-22)25(30)33-2/h3-9,18-19,22H,10-17H2,1-2H3. The molecule has 34 heavy (non-hydrogen) atoms. The van der Waals surface area contributed by atoms with E-state index in [1.807, 2.05) is 12.1 Å². The van der Waals surface area contributed by atoms with E-state index in [0.717, 1.165) is 57.7 Å². The largest absolute Gasteiger partial charge is 0.453 e. The molecule has 0 aliphatic carbocycles. The van der Waals surface area contributed by atoms with E-state index in [1.54, 1.807) is 35.2 Å². The van der Waals surface area contributed by atoms with E-state index in [-0.39, 0.29) is 21.9 Å². The molecule has 0 radical (unpaired) electrons. The van der Waals surface area contributed by atoms with Crippen LogP contribution < -0.4 is 0 Å². The van der Waals surface area contributed by atoms with Crippen LogP contribution in [0.15, 0.2) is 58.3 Å². The maximum Gasteiger partial charge on any atom is 0.409 e. The number of methoxy groups -OCH3 is 1. The third kappa shape index (κ3) is 5.40. The molecule has 0 spiro atoms. The van der Waals surface area contributed by atoms with Crippen LogP contribution in [0.4, 0.5) is 4.79 Å². The first-order chi connectivity index (χ1) is 16.3. The Hall–Kier alpha value is -2.13. The van der Waals surface area contributed by atoms with Gasteiger partial charge in [0.05, 0.1) is 16.9 Å². The number of piperazine rings is 1. The first-order valence-corrected chi connectivity index (χ1v) is 13.6. The number of nitrogens with zero attached hydrogens (tertiary/aromatic N) is 3. The van der Waals surface area contributed by atoms with Gasteiger partial charge in [0.15, 0.2) is 0 Å². The van der Waals surface area contributed by atoms with Gasteiger partial charge in [-0.15, -0.1) is 0 Å². The molecular weight excluding hydrogens is 474 g/mol. The Kier molecular flexibility index (Phi) is 7.82. The number of piperidine rings is 1. The maximum atomic E-state index is 12.9. The third-order valence-corrected chi connectivity index (χ3v) is 9.09. The van der Waals surface area contributed by atoms with Crippen molar-refractivity contribution in [1.82, 2.24) is 14.7 Å². The highest BCUT2D eigenvalue weighted by molar-refractivity contribution is 7.91. The van der Waals surface area contributed by atoms with Crippen LogP contribution in [0.2, 0.25) is 5.02 Å². The fourth-order valence-electron chi connectivity index (χ4n) is 4.94. The predicted molar refractivity (Wildman–Crippen MR) is 132 cm³/mol. The average molecular weight is 506 g/mol. The number of halogens is 1. The highest BCUT2D eigenvalue weighted by Crippen LogP contribution is 2.28. The van der Waals surface area contributed by atoms with Gasteiger partial charge in [-0.1, -0.05) is 29.8 Å². The molecule has 7 nitrogen and oxygen atoms in total. The molecule has 2 saturated heterocycles. The minimum absolute atomic E-state index is 0.200. The molecule has 2 aromatic carbocycles. The molecule has 4 rings (SSSR count). The molecule has 2 fully saturated rings. The SMILES string of the molecule is COC(=O)N1CCC(N2CCN(C(C)c3ccc(S(=O)(=O)c4cccc(Cl)c4)cc3)CC2)CC1. The van der Waals surface area contributed by atoms with Crippen LogP contribution in [0.3, 0.4) is 0 Å². The number of carbonyl (C=O) groups is 1. The van der Waals surface area contributed by atoms with Crippen molar-refractivity contribution in [1.29, 1.82) is 0 Å². The minimum Gasteiger partial charge on any atom is -0.453 e. The van der Waals surface area contributed by atoms with E-state index in [2.05, 4.69) is 16.7 Å². The van der Waals surface area contributed by atoms with Crippen molar-refractivity contribution < 1.29 is 17.9 Å². The lowest BCUT2D eigenvalue weighted by Gasteiger charge is -2.44. The predicted octanol–water partition coefficient (Wildman–Crippen LogP) is 4.08. The van der Waals surface area contributed by atoms with Gasteiger partial charge in [-0.2, -0.15) is 0 Å². The molecule has 0 saturated carbocycles. The summed E-state index contributed by atoms with van der Waals surface area (Å²) in [4.78, 5) is 19.0. The van der Waals surface area contributed by atoms with E-state index in [4.69, 9.17) is 16.3 Å². The van der Waals surface area contributed by atoms with E-state index in [9.17, 15) is 13.2 Å². The highest BCUT2D eigenvalue weighted by Gasteiger charge is 2.30. The Labute approximate surface area is 207 Å². The van der Waals surface area contributed by atoms with Crippen molar-refractivity contribution in [2.24, 2.45) is 0 Å². The van der Waals surface area contributed by atoms with Crippen LogP contribution in [-0.2, 0) is 14.6 Å². The van der Waals surface area contributed by atoms with Gasteiger partial charge >= 0.3 is 6.09 Å². The van der Waals surface area contributed by atoms with Crippen LogP contribution in [-0.4, -0.2) is 81.6 Å². The molecular formula is C25H32ClN3O4S. The second kappa shape index (κ2) is 10.6. The molecule has 1 atom stereocenters. The zero-order valence-electron chi connectivity index (χ0n) is 19.7. The Balaban J connectivity index is 1.33. The minimum atomic E-state index is -3.60. The zero-order chi connectivity index (χ0) is 24.3. The van der Waals surface area contributed by atoms with Gasteiger partial charge in [0.25, 0.3) is 0 Å². The molecule has 1 amide bonds. The van der Waals surface area contributed by atoms with E-state index < -0.39 is 9.84 Å². The topological polar surface area (TPSA) is 70.2 Å². The number of rotatable bonds is 5. The molecule has 0 aromatic heterocycles. The summed E-state index contributed by atoms with van der Waals surface area (Å²) in [7, 11) is -2.17. The normalized spacial score (nSPS) is 19.7. The number of hydrogen-bond acceptors (Lipinski definition) is 6. The van der Waals surface area contributed by atoms with E-state index in [0.29, 0.717) is 11.1 Å². The number of carbonyl (C=O) groups excluding carboxylic acids is 1. The Morgan fingerprint density at radius 1 is 0.971 bits per heavy atom. The van der Waals surface area contributed by atoms with Gasteiger partial charge in [0.1, 0.15) is 0 Å². The zero-order valence-corrected chi connectivity index (χ0v) is 21.3. The van der Waals surface area contributed by atoms with Crippen molar-refractivity contribution in [2.75, 3.05) is 46.4 Å². The van der Waals surface area contributed by atoms with Gasteiger partial charge in [0.2, 0.25) is 9.84 Å². The Bertz CT molecular complexity index is 1090. The van der Waals surface area contributed by atoms with Crippen LogP contribution >= 0.6 is 11.6 Å². The van der Waals surface area contributed by atoms with Gasteiger partial charge in [-0.05, 0) is 55.7 Å². The quantitative estimate of drug-likeness (QED) is 0.609. The number of amides is 1. The third-order valence-electron chi connectivity index (χ3n) is 7.09. The van der Waals surface area contributed by atoms with Crippen LogP contribution in [0.1, 0.15) is 31.4 Å².